The van der Waals surface area contributed by atoms with Gasteiger partial charge in [0.2, 0.25) is 0 Å². The Bertz CT molecular complexity index is 221. The molecule has 1 fully saturated rings. The number of carbonyl (C=O) groups excluding carboxylic acids is 1. The highest BCUT2D eigenvalue weighted by Gasteiger charge is 2.16. The van der Waals surface area contributed by atoms with Crippen LogP contribution in [0.1, 0.15) is 45.4 Å². The van der Waals surface area contributed by atoms with E-state index in [4.69, 9.17) is 4.74 Å². The van der Waals surface area contributed by atoms with Gasteiger partial charge in [-0.05, 0) is 45.7 Å². The molecule has 0 spiro atoms. The van der Waals surface area contributed by atoms with Crippen LogP contribution in [0.25, 0.3) is 0 Å². The number of aliphatic hydroxyl groups excluding tert-OH is 1. The summed E-state index contributed by atoms with van der Waals surface area (Å²) in [5, 5.41) is 9.51. The van der Waals surface area contributed by atoms with Crippen molar-refractivity contribution in [3.05, 3.63) is 0 Å². The highest BCUT2D eigenvalue weighted by Crippen LogP contribution is 2.11. The zero-order valence-electron chi connectivity index (χ0n) is 10.9. The van der Waals surface area contributed by atoms with E-state index < -0.39 is 0 Å². The molecule has 4 nitrogen and oxygen atoms in total. The molecule has 1 N–H and O–H groups in total. The first kappa shape index (κ1) is 14.5. The molecule has 0 amide bonds. The normalized spacial score (nSPS) is 21.4. The fourth-order valence-corrected chi connectivity index (χ4v) is 2.25. The van der Waals surface area contributed by atoms with E-state index in [1.54, 1.807) is 0 Å². The second-order valence-corrected chi connectivity index (χ2v) is 4.71. The molecule has 17 heavy (non-hydrogen) atoms. The van der Waals surface area contributed by atoms with Gasteiger partial charge in [-0.3, -0.25) is 4.79 Å². The number of nitrogens with zero attached hydrogens (tertiary/aromatic N) is 1. The van der Waals surface area contributed by atoms with Gasteiger partial charge in [0.25, 0.3) is 0 Å². The number of carbonyl (C=O) groups is 1. The summed E-state index contributed by atoms with van der Waals surface area (Å²) in [5.41, 5.74) is 0. The standard InChI is InChI=1S/C13H25NO3/c1-2-17-13(16)8-4-3-5-9-14-10-6-7-12(15)11-14/h12,15H,2-11H2,1H3/t12-/m1/s1. The lowest BCUT2D eigenvalue weighted by atomic mass is 10.1. The quantitative estimate of drug-likeness (QED) is 0.544. The molecule has 0 radical (unpaired) electrons. The number of hydrogen-bond donors (Lipinski definition) is 1. The second kappa shape index (κ2) is 8.48. The molecule has 0 aromatic heterocycles. The van der Waals surface area contributed by atoms with Crippen molar-refractivity contribution in [2.75, 3.05) is 26.2 Å². The van der Waals surface area contributed by atoms with Crippen LogP contribution in [0.3, 0.4) is 0 Å². The van der Waals surface area contributed by atoms with Gasteiger partial charge in [-0.15, -0.1) is 0 Å². The van der Waals surface area contributed by atoms with E-state index in [0.29, 0.717) is 13.0 Å². The van der Waals surface area contributed by atoms with E-state index in [1.165, 1.54) is 0 Å². The van der Waals surface area contributed by atoms with E-state index in [1.807, 2.05) is 6.92 Å². The molecular formula is C13H25NO3. The first-order valence-corrected chi connectivity index (χ1v) is 6.78. The maximum Gasteiger partial charge on any atom is 0.305 e. The average molecular weight is 243 g/mol. The van der Waals surface area contributed by atoms with Crippen molar-refractivity contribution in [3.8, 4) is 0 Å². The van der Waals surface area contributed by atoms with Gasteiger partial charge in [-0.1, -0.05) is 6.42 Å². The number of aliphatic hydroxyl groups is 1. The van der Waals surface area contributed by atoms with Crippen LogP contribution in [-0.2, 0) is 9.53 Å². The van der Waals surface area contributed by atoms with E-state index >= 15 is 0 Å². The predicted molar refractivity (Wildman–Crippen MR) is 66.8 cm³/mol. The van der Waals surface area contributed by atoms with Crippen LogP contribution in [0, 0.1) is 0 Å². The molecule has 1 rings (SSSR count). The minimum Gasteiger partial charge on any atom is -0.466 e. The topological polar surface area (TPSA) is 49.8 Å². The van der Waals surface area contributed by atoms with Gasteiger partial charge in [0.15, 0.2) is 0 Å². The number of hydrogen-bond acceptors (Lipinski definition) is 4. The maximum atomic E-state index is 11.1. The highest BCUT2D eigenvalue weighted by atomic mass is 16.5. The summed E-state index contributed by atoms with van der Waals surface area (Å²) in [6.45, 7) is 5.27. The third kappa shape index (κ3) is 6.64. The molecule has 0 aromatic rings. The molecule has 1 aliphatic rings. The minimum absolute atomic E-state index is 0.0825. The zero-order chi connectivity index (χ0) is 12.5. The molecule has 0 bridgehead atoms. The third-order valence-corrected chi connectivity index (χ3v) is 3.14. The Balaban J connectivity index is 1.95. The van der Waals surface area contributed by atoms with Crippen molar-refractivity contribution in [1.82, 2.24) is 4.90 Å². The first-order valence-electron chi connectivity index (χ1n) is 6.78. The summed E-state index contributed by atoms with van der Waals surface area (Å²) in [6.07, 6.45) is 5.52. The van der Waals surface area contributed by atoms with E-state index in [9.17, 15) is 9.90 Å². The number of β-amino-alcohol motifs (C(OH)–C–C–N with tert-alkyl or cyclic N) is 1. The monoisotopic (exact) mass is 243 g/mol. The van der Waals surface area contributed by atoms with E-state index in [-0.39, 0.29) is 12.1 Å². The Hall–Kier alpha value is -0.610. The zero-order valence-corrected chi connectivity index (χ0v) is 10.9. The van der Waals surface area contributed by atoms with Crippen molar-refractivity contribution in [3.63, 3.8) is 0 Å². The molecule has 4 heteroatoms. The summed E-state index contributed by atoms with van der Waals surface area (Å²) >= 11 is 0. The number of likely N-dealkylation sites (tertiary alicyclic amines) is 1. The van der Waals surface area contributed by atoms with Gasteiger partial charge in [-0.2, -0.15) is 0 Å². The number of esters is 1. The summed E-state index contributed by atoms with van der Waals surface area (Å²) in [7, 11) is 0. The lowest BCUT2D eigenvalue weighted by molar-refractivity contribution is -0.143. The van der Waals surface area contributed by atoms with Gasteiger partial charge in [-0.25, -0.2) is 0 Å². The fourth-order valence-electron chi connectivity index (χ4n) is 2.25. The molecule has 1 heterocycles. The molecule has 100 valence electrons. The lowest BCUT2D eigenvalue weighted by Gasteiger charge is -2.29. The Kier molecular flexibility index (Phi) is 7.21. The van der Waals surface area contributed by atoms with Crippen LogP contribution in [0.15, 0.2) is 0 Å². The molecule has 1 aliphatic heterocycles. The molecular weight excluding hydrogens is 218 g/mol. The largest absolute Gasteiger partial charge is 0.466 e. The van der Waals surface area contributed by atoms with Gasteiger partial charge in [0.1, 0.15) is 0 Å². The molecule has 0 saturated carbocycles. The van der Waals surface area contributed by atoms with Crippen LogP contribution < -0.4 is 0 Å². The van der Waals surface area contributed by atoms with E-state index in [2.05, 4.69) is 4.90 Å². The number of ether oxygens (including phenoxy) is 1. The van der Waals surface area contributed by atoms with Crippen LogP contribution in [0.2, 0.25) is 0 Å². The van der Waals surface area contributed by atoms with Crippen molar-refractivity contribution in [2.45, 2.75) is 51.6 Å². The summed E-state index contributed by atoms with van der Waals surface area (Å²) in [6, 6.07) is 0. The van der Waals surface area contributed by atoms with E-state index in [0.717, 1.165) is 51.7 Å². The number of piperidine rings is 1. The van der Waals surface area contributed by atoms with Crippen molar-refractivity contribution in [1.29, 1.82) is 0 Å². The minimum atomic E-state index is -0.136. The highest BCUT2D eigenvalue weighted by molar-refractivity contribution is 5.69. The van der Waals surface area contributed by atoms with Crippen molar-refractivity contribution in [2.24, 2.45) is 0 Å². The van der Waals surface area contributed by atoms with Crippen LogP contribution in [0.4, 0.5) is 0 Å². The lowest BCUT2D eigenvalue weighted by Crippen LogP contribution is -2.38. The summed E-state index contributed by atoms with van der Waals surface area (Å²) < 4.78 is 4.87. The molecule has 1 saturated heterocycles. The number of unbranched alkanes of at least 4 members (excludes halogenated alkanes) is 2. The fraction of sp³-hybridized carbons (Fsp3) is 0.923. The van der Waals surface area contributed by atoms with Crippen LogP contribution >= 0.6 is 0 Å². The Morgan fingerprint density at radius 2 is 2.24 bits per heavy atom. The summed E-state index contributed by atoms with van der Waals surface area (Å²) in [4.78, 5) is 13.4. The average Bonchev–Trinajstić information content (AvgIpc) is 2.29. The second-order valence-electron chi connectivity index (χ2n) is 4.71. The van der Waals surface area contributed by atoms with Gasteiger partial charge in [0, 0.05) is 13.0 Å². The Morgan fingerprint density at radius 1 is 1.41 bits per heavy atom. The van der Waals surface area contributed by atoms with Gasteiger partial charge in [0.05, 0.1) is 12.7 Å². The smallest absolute Gasteiger partial charge is 0.305 e. The molecule has 0 aliphatic carbocycles. The maximum absolute atomic E-state index is 11.1. The van der Waals surface area contributed by atoms with Crippen molar-refractivity contribution < 1.29 is 14.6 Å². The van der Waals surface area contributed by atoms with Crippen molar-refractivity contribution >= 4 is 5.97 Å². The Labute approximate surface area is 104 Å². The number of rotatable bonds is 7. The van der Waals surface area contributed by atoms with Gasteiger partial charge < -0.3 is 14.7 Å². The molecule has 0 unspecified atom stereocenters. The first-order chi connectivity index (χ1) is 8.22. The molecule has 0 aromatic carbocycles. The van der Waals surface area contributed by atoms with Crippen LogP contribution in [-0.4, -0.2) is 48.3 Å². The summed E-state index contributed by atoms with van der Waals surface area (Å²) in [5.74, 6) is -0.0825. The van der Waals surface area contributed by atoms with Gasteiger partial charge >= 0.3 is 5.97 Å². The molecule has 1 atom stereocenters. The predicted octanol–water partition coefficient (Wildman–Crippen LogP) is 1.57. The van der Waals surface area contributed by atoms with Crippen LogP contribution in [0.5, 0.6) is 0 Å². The Morgan fingerprint density at radius 3 is 2.94 bits per heavy atom. The SMILES string of the molecule is CCOC(=O)CCCCCN1CCC[C@@H](O)C1. The third-order valence-electron chi connectivity index (χ3n) is 3.14.